The van der Waals surface area contributed by atoms with Crippen LogP contribution in [0.2, 0.25) is 0 Å². The zero-order chi connectivity index (χ0) is 16.7. The van der Waals surface area contributed by atoms with Gasteiger partial charge in [0.05, 0.1) is 16.1 Å². The minimum atomic E-state index is -1.47. The third-order valence-electron chi connectivity index (χ3n) is 4.46. The molecule has 1 heterocycles. The third-order valence-corrected chi connectivity index (χ3v) is 5.55. The van der Waals surface area contributed by atoms with Crippen LogP contribution in [-0.4, -0.2) is 14.7 Å². The molecule has 1 aliphatic carbocycles. The summed E-state index contributed by atoms with van der Waals surface area (Å²) in [5.74, 6) is -1.84. The van der Waals surface area contributed by atoms with Crippen molar-refractivity contribution in [2.75, 3.05) is 4.72 Å². The first-order valence-electron chi connectivity index (χ1n) is 7.88. The highest BCUT2D eigenvalue weighted by Gasteiger charge is 2.14. The smallest absolute Gasteiger partial charge is 0.160 e. The Hall–Kier alpha value is -2.25. The molecule has 1 aromatic heterocycles. The second kappa shape index (κ2) is 6.93. The Labute approximate surface area is 146 Å². The monoisotopic (exact) mass is 364 g/mol. The fourth-order valence-corrected chi connectivity index (χ4v) is 4.11. The van der Waals surface area contributed by atoms with Gasteiger partial charge in [-0.25, -0.2) is 13.0 Å². The number of rotatable bonds is 3. The van der Waals surface area contributed by atoms with Gasteiger partial charge in [0.15, 0.2) is 11.6 Å². The Balaban J connectivity index is 0.00000182. The van der Waals surface area contributed by atoms with Gasteiger partial charge in [-0.05, 0) is 55.0 Å². The maximum Gasteiger partial charge on any atom is 0.160 e. The number of fused-ring (bicyclic) bond motifs is 2. The number of nitrogens with one attached hydrogen (secondary N) is 2. The van der Waals surface area contributed by atoms with Crippen LogP contribution in [0.25, 0.3) is 10.9 Å². The molecule has 0 aliphatic heterocycles. The van der Waals surface area contributed by atoms with Crippen LogP contribution in [0.4, 0.5) is 14.5 Å². The van der Waals surface area contributed by atoms with E-state index in [1.54, 1.807) is 6.20 Å². The molecule has 0 saturated carbocycles. The van der Waals surface area contributed by atoms with Crippen LogP contribution in [0.15, 0.2) is 41.4 Å². The van der Waals surface area contributed by atoms with Crippen LogP contribution in [0.1, 0.15) is 24.0 Å². The number of halogens is 2. The van der Waals surface area contributed by atoms with Crippen molar-refractivity contribution >= 4 is 27.6 Å². The minimum absolute atomic E-state index is 0. The molecule has 4 nitrogen and oxygen atoms in total. The summed E-state index contributed by atoms with van der Waals surface area (Å²) in [6.07, 6.45) is 6.01. The summed E-state index contributed by atoms with van der Waals surface area (Å²) >= 11 is 0. The Morgan fingerprint density at radius 2 is 1.72 bits per heavy atom. The number of benzene rings is 2. The van der Waals surface area contributed by atoms with Crippen molar-refractivity contribution in [1.29, 1.82) is 0 Å². The highest BCUT2D eigenvalue weighted by atomic mass is 32.2. The van der Waals surface area contributed by atoms with Crippen LogP contribution >= 0.6 is 0 Å². The van der Waals surface area contributed by atoms with Crippen LogP contribution in [0.5, 0.6) is 0 Å². The van der Waals surface area contributed by atoms with Crippen LogP contribution < -0.4 is 4.72 Å². The number of aromatic amines is 1. The van der Waals surface area contributed by atoms with E-state index in [1.165, 1.54) is 17.5 Å². The predicted molar refractivity (Wildman–Crippen MR) is 94.9 cm³/mol. The molecule has 2 aromatic carbocycles. The zero-order valence-electron chi connectivity index (χ0n) is 13.4. The van der Waals surface area contributed by atoms with Gasteiger partial charge in [-0.2, -0.15) is 0 Å². The van der Waals surface area contributed by atoms with Gasteiger partial charge in [-0.3, -0.25) is 4.72 Å². The molecular formula is C18H18F2N2O2S. The average Bonchev–Trinajstić information content (AvgIpc) is 2.96. The lowest BCUT2D eigenvalue weighted by Gasteiger charge is -2.16. The van der Waals surface area contributed by atoms with Gasteiger partial charge < -0.3 is 10.5 Å². The normalized spacial score (nSPS) is 14.6. The lowest BCUT2D eigenvalue weighted by Crippen LogP contribution is -2.08. The van der Waals surface area contributed by atoms with Crippen LogP contribution in [0.3, 0.4) is 0 Å². The molecule has 3 aromatic rings. The largest absolute Gasteiger partial charge is 0.412 e. The van der Waals surface area contributed by atoms with E-state index in [0.29, 0.717) is 21.5 Å². The standard InChI is InChI=1S/C18H16F2N2OS.H2O/c19-15-8-14-17(9-16(15)20)21-10-18(14)22-24(23)13-6-5-11-3-1-2-4-12(11)7-13;/h5-10,21-22H,1-4H2;1H2. The van der Waals surface area contributed by atoms with Crippen molar-refractivity contribution in [2.24, 2.45) is 0 Å². The van der Waals surface area contributed by atoms with Gasteiger partial charge in [-0.1, -0.05) is 6.07 Å². The highest BCUT2D eigenvalue weighted by Crippen LogP contribution is 2.28. The molecule has 4 N–H and O–H groups in total. The quantitative estimate of drug-likeness (QED) is 0.731. The summed E-state index contributed by atoms with van der Waals surface area (Å²) in [5.41, 5.74) is 3.52. The van der Waals surface area contributed by atoms with E-state index in [1.807, 2.05) is 18.2 Å². The van der Waals surface area contributed by atoms with E-state index >= 15 is 0 Å². The van der Waals surface area contributed by atoms with Crippen LogP contribution in [-0.2, 0) is 23.8 Å². The van der Waals surface area contributed by atoms with E-state index in [2.05, 4.69) is 9.71 Å². The van der Waals surface area contributed by atoms with Crippen molar-refractivity contribution < 1.29 is 18.5 Å². The maximum absolute atomic E-state index is 13.5. The fourth-order valence-electron chi connectivity index (χ4n) is 3.19. The average molecular weight is 364 g/mol. The summed E-state index contributed by atoms with van der Waals surface area (Å²) in [6.45, 7) is 0. The second-order valence-corrected chi connectivity index (χ2v) is 7.24. The number of hydrogen-bond donors (Lipinski definition) is 2. The second-order valence-electron chi connectivity index (χ2n) is 6.02. The van der Waals surface area contributed by atoms with Gasteiger partial charge in [0.1, 0.15) is 11.0 Å². The lowest BCUT2D eigenvalue weighted by molar-refractivity contribution is 0.511. The Bertz CT molecular complexity index is 956. The molecule has 1 unspecified atom stereocenters. The Morgan fingerprint density at radius 3 is 2.52 bits per heavy atom. The molecule has 0 amide bonds. The molecule has 1 atom stereocenters. The Kier molecular flexibility index (Phi) is 4.87. The van der Waals surface area contributed by atoms with Crippen molar-refractivity contribution in [1.82, 2.24) is 4.98 Å². The van der Waals surface area contributed by atoms with E-state index in [9.17, 15) is 13.0 Å². The van der Waals surface area contributed by atoms with Crippen LogP contribution in [0, 0.1) is 11.6 Å². The summed E-state index contributed by atoms with van der Waals surface area (Å²) in [7, 11) is -1.47. The molecule has 132 valence electrons. The van der Waals surface area contributed by atoms with Crippen molar-refractivity contribution in [2.45, 2.75) is 30.6 Å². The number of aromatic nitrogens is 1. The minimum Gasteiger partial charge on any atom is -0.412 e. The topological polar surface area (TPSA) is 76.4 Å². The molecule has 7 heteroatoms. The predicted octanol–water partition coefficient (Wildman–Crippen LogP) is 3.63. The van der Waals surface area contributed by atoms with E-state index in [4.69, 9.17) is 0 Å². The fraction of sp³-hybridized carbons (Fsp3) is 0.222. The third kappa shape index (κ3) is 3.29. The number of H-pyrrole nitrogens is 1. The summed E-state index contributed by atoms with van der Waals surface area (Å²) < 4.78 is 42.2. The molecule has 0 radical (unpaired) electrons. The highest BCUT2D eigenvalue weighted by molar-refractivity contribution is 7.86. The summed E-state index contributed by atoms with van der Waals surface area (Å²) in [6, 6.07) is 8.08. The molecular weight excluding hydrogens is 346 g/mol. The first-order chi connectivity index (χ1) is 11.6. The maximum atomic E-state index is 13.5. The van der Waals surface area contributed by atoms with E-state index in [-0.39, 0.29) is 5.48 Å². The zero-order valence-corrected chi connectivity index (χ0v) is 14.2. The van der Waals surface area contributed by atoms with Gasteiger partial charge in [-0.15, -0.1) is 0 Å². The SMILES string of the molecule is O.O=S(Nc1c[nH]c2cc(F)c(F)cc12)c1ccc2c(c1)CCCC2. The van der Waals surface area contributed by atoms with E-state index < -0.39 is 22.6 Å². The van der Waals surface area contributed by atoms with Gasteiger partial charge in [0.25, 0.3) is 0 Å². The molecule has 4 rings (SSSR count). The number of anilines is 1. The Morgan fingerprint density at radius 1 is 1.00 bits per heavy atom. The number of hydrogen-bond acceptors (Lipinski definition) is 1. The van der Waals surface area contributed by atoms with Gasteiger partial charge in [0, 0.05) is 17.6 Å². The summed E-state index contributed by atoms with van der Waals surface area (Å²) in [5, 5.41) is 0.472. The molecule has 1 aliphatic rings. The first-order valence-corrected chi connectivity index (χ1v) is 9.03. The van der Waals surface area contributed by atoms with Gasteiger partial charge in [0.2, 0.25) is 0 Å². The van der Waals surface area contributed by atoms with Crippen molar-refractivity contribution in [3.8, 4) is 0 Å². The summed E-state index contributed by atoms with van der Waals surface area (Å²) in [4.78, 5) is 3.55. The molecule has 0 spiro atoms. The van der Waals surface area contributed by atoms with Crippen molar-refractivity contribution in [3.63, 3.8) is 0 Å². The first kappa shape index (κ1) is 17.6. The molecule has 0 bridgehead atoms. The molecule has 0 saturated heterocycles. The van der Waals surface area contributed by atoms with Gasteiger partial charge >= 0.3 is 0 Å². The van der Waals surface area contributed by atoms with E-state index in [0.717, 1.165) is 31.4 Å². The van der Waals surface area contributed by atoms with Crippen molar-refractivity contribution in [3.05, 3.63) is 59.3 Å². The molecule has 0 fully saturated rings. The number of aryl methyl sites for hydroxylation is 2. The molecule has 25 heavy (non-hydrogen) atoms. The lowest BCUT2D eigenvalue weighted by atomic mass is 9.92.